The Kier molecular flexibility index (Phi) is 6.64. The van der Waals surface area contributed by atoms with Gasteiger partial charge in [0.15, 0.2) is 0 Å². The van der Waals surface area contributed by atoms with Crippen LogP contribution in [0.2, 0.25) is 5.02 Å². The molecular formula is C12H16ClFN2O2. The van der Waals surface area contributed by atoms with Crippen LogP contribution in [-0.2, 0) is 16.1 Å². The lowest BCUT2D eigenvalue weighted by molar-refractivity contribution is -0.120. The standard InChI is InChI=1S/C12H16ClFN2O2/c1-18-5-4-16-12(17)8-15-7-9-2-3-10(14)6-11(9)13/h2-3,6,15H,4-5,7-8H2,1H3,(H,16,17). The number of methoxy groups -OCH3 is 1. The maximum absolute atomic E-state index is 12.8. The number of nitrogens with one attached hydrogen (secondary N) is 2. The van der Waals surface area contributed by atoms with E-state index in [1.54, 1.807) is 13.2 Å². The van der Waals surface area contributed by atoms with Crippen molar-refractivity contribution in [3.63, 3.8) is 0 Å². The summed E-state index contributed by atoms with van der Waals surface area (Å²) in [5.41, 5.74) is 0.753. The maximum atomic E-state index is 12.8. The summed E-state index contributed by atoms with van der Waals surface area (Å²) in [7, 11) is 1.57. The van der Waals surface area contributed by atoms with Gasteiger partial charge < -0.3 is 15.4 Å². The molecule has 1 aromatic carbocycles. The molecule has 0 bridgehead atoms. The van der Waals surface area contributed by atoms with Crippen LogP contribution in [0.5, 0.6) is 0 Å². The molecule has 1 rings (SSSR count). The Hall–Kier alpha value is -1.17. The van der Waals surface area contributed by atoms with E-state index >= 15 is 0 Å². The average molecular weight is 275 g/mol. The van der Waals surface area contributed by atoms with Crippen LogP contribution in [0, 0.1) is 5.82 Å². The molecule has 0 saturated heterocycles. The van der Waals surface area contributed by atoms with E-state index in [9.17, 15) is 9.18 Å². The second kappa shape index (κ2) is 8.02. The number of carbonyl (C=O) groups excluding carboxylic acids is 1. The zero-order valence-corrected chi connectivity index (χ0v) is 10.9. The largest absolute Gasteiger partial charge is 0.383 e. The van der Waals surface area contributed by atoms with Crippen molar-refractivity contribution in [3.05, 3.63) is 34.6 Å². The van der Waals surface area contributed by atoms with Crippen molar-refractivity contribution < 1.29 is 13.9 Å². The van der Waals surface area contributed by atoms with Crippen LogP contribution in [-0.4, -0.2) is 32.7 Å². The number of halogens is 2. The van der Waals surface area contributed by atoms with Gasteiger partial charge in [-0.2, -0.15) is 0 Å². The van der Waals surface area contributed by atoms with Crippen molar-refractivity contribution in [3.8, 4) is 0 Å². The molecule has 0 aliphatic heterocycles. The third kappa shape index (κ3) is 5.44. The van der Waals surface area contributed by atoms with Crippen LogP contribution >= 0.6 is 11.6 Å². The first-order valence-electron chi connectivity index (χ1n) is 5.53. The monoisotopic (exact) mass is 274 g/mol. The lowest BCUT2D eigenvalue weighted by Gasteiger charge is -2.07. The number of benzene rings is 1. The molecule has 0 saturated carbocycles. The predicted octanol–water partition coefficient (Wildman–Crippen LogP) is 1.33. The number of rotatable bonds is 7. The van der Waals surface area contributed by atoms with Gasteiger partial charge in [-0.3, -0.25) is 4.79 Å². The quantitative estimate of drug-likeness (QED) is 0.738. The fraction of sp³-hybridized carbons (Fsp3) is 0.417. The summed E-state index contributed by atoms with van der Waals surface area (Å²) in [4.78, 5) is 11.3. The Morgan fingerprint density at radius 1 is 1.50 bits per heavy atom. The summed E-state index contributed by atoms with van der Waals surface area (Å²) in [5, 5.41) is 5.95. The van der Waals surface area contributed by atoms with Gasteiger partial charge in [0, 0.05) is 25.2 Å². The van der Waals surface area contributed by atoms with Gasteiger partial charge in [-0.1, -0.05) is 17.7 Å². The molecule has 1 amide bonds. The molecule has 0 aliphatic carbocycles. The van der Waals surface area contributed by atoms with Crippen molar-refractivity contribution in [2.24, 2.45) is 0 Å². The number of hydrogen-bond acceptors (Lipinski definition) is 3. The van der Waals surface area contributed by atoms with E-state index in [-0.39, 0.29) is 18.3 Å². The number of hydrogen-bond donors (Lipinski definition) is 2. The third-order valence-electron chi connectivity index (χ3n) is 2.24. The zero-order valence-electron chi connectivity index (χ0n) is 10.1. The molecule has 0 aliphatic rings. The van der Waals surface area contributed by atoms with Crippen LogP contribution in [0.4, 0.5) is 4.39 Å². The van der Waals surface area contributed by atoms with Crippen LogP contribution < -0.4 is 10.6 Å². The number of ether oxygens (including phenoxy) is 1. The topological polar surface area (TPSA) is 50.4 Å². The number of amides is 1. The molecular weight excluding hydrogens is 259 g/mol. The summed E-state index contributed by atoms with van der Waals surface area (Å²) in [6.07, 6.45) is 0. The van der Waals surface area contributed by atoms with E-state index < -0.39 is 0 Å². The Labute approximate surface area is 110 Å². The molecule has 0 radical (unpaired) electrons. The molecule has 0 unspecified atom stereocenters. The molecule has 6 heteroatoms. The third-order valence-corrected chi connectivity index (χ3v) is 2.60. The fourth-order valence-electron chi connectivity index (χ4n) is 1.33. The molecule has 1 aromatic rings. The van der Waals surface area contributed by atoms with Gasteiger partial charge in [-0.05, 0) is 17.7 Å². The molecule has 0 fully saturated rings. The SMILES string of the molecule is COCCNC(=O)CNCc1ccc(F)cc1Cl. The van der Waals surface area contributed by atoms with Crippen LogP contribution in [0.1, 0.15) is 5.56 Å². The smallest absolute Gasteiger partial charge is 0.234 e. The summed E-state index contributed by atoms with van der Waals surface area (Å²) in [5.74, 6) is -0.494. The first-order chi connectivity index (χ1) is 8.63. The normalized spacial score (nSPS) is 10.4. The summed E-state index contributed by atoms with van der Waals surface area (Å²) < 4.78 is 17.6. The van der Waals surface area contributed by atoms with E-state index in [0.29, 0.717) is 24.7 Å². The van der Waals surface area contributed by atoms with Crippen LogP contribution in [0.25, 0.3) is 0 Å². The second-order valence-corrected chi connectivity index (χ2v) is 4.09. The molecule has 0 spiro atoms. The highest BCUT2D eigenvalue weighted by molar-refractivity contribution is 6.31. The van der Waals surface area contributed by atoms with Crippen molar-refractivity contribution in [1.82, 2.24) is 10.6 Å². The van der Waals surface area contributed by atoms with Gasteiger partial charge in [0.2, 0.25) is 5.91 Å². The average Bonchev–Trinajstić information content (AvgIpc) is 2.32. The highest BCUT2D eigenvalue weighted by Crippen LogP contribution is 2.16. The second-order valence-electron chi connectivity index (χ2n) is 3.68. The minimum absolute atomic E-state index is 0.120. The molecule has 2 N–H and O–H groups in total. The summed E-state index contributed by atoms with van der Waals surface area (Å²) in [6.45, 7) is 1.55. The van der Waals surface area contributed by atoms with E-state index in [4.69, 9.17) is 16.3 Å². The first-order valence-corrected chi connectivity index (χ1v) is 5.91. The maximum Gasteiger partial charge on any atom is 0.234 e. The van der Waals surface area contributed by atoms with Crippen molar-refractivity contribution in [1.29, 1.82) is 0 Å². The summed E-state index contributed by atoms with van der Waals surface area (Å²) in [6, 6.07) is 4.17. The van der Waals surface area contributed by atoms with E-state index in [1.807, 2.05) is 0 Å². The van der Waals surface area contributed by atoms with Gasteiger partial charge in [0.1, 0.15) is 5.82 Å². The first kappa shape index (κ1) is 14.9. The zero-order chi connectivity index (χ0) is 13.4. The van der Waals surface area contributed by atoms with Crippen LogP contribution in [0.3, 0.4) is 0 Å². The van der Waals surface area contributed by atoms with E-state index in [2.05, 4.69) is 10.6 Å². The molecule has 4 nitrogen and oxygen atoms in total. The van der Waals surface area contributed by atoms with Gasteiger partial charge >= 0.3 is 0 Å². The highest BCUT2D eigenvalue weighted by Gasteiger charge is 2.03. The Balaban J connectivity index is 2.26. The predicted molar refractivity (Wildman–Crippen MR) is 68.0 cm³/mol. The van der Waals surface area contributed by atoms with Crippen molar-refractivity contribution >= 4 is 17.5 Å². The Bertz CT molecular complexity index is 402. The molecule has 0 atom stereocenters. The van der Waals surface area contributed by atoms with E-state index in [0.717, 1.165) is 5.56 Å². The molecule has 0 heterocycles. The minimum Gasteiger partial charge on any atom is -0.383 e. The minimum atomic E-state index is -0.374. The lowest BCUT2D eigenvalue weighted by Crippen LogP contribution is -2.35. The van der Waals surface area contributed by atoms with Crippen molar-refractivity contribution in [2.45, 2.75) is 6.54 Å². The Morgan fingerprint density at radius 3 is 2.94 bits per heavy atom. The van der Waals surface area contributed by atoms with Gasteiger partial charge in [0.25, 0.3) is 0 Å². The Morgan fingerprint density at radius 2 is 2.28 bits per heavy atom. The molecule has 0 aromatic heterocycles. The van der Waals surface area contributed by atoms with Gasteiger partial charge in [-0.15, -0.1) is 0 Å². The lowest BCUT2D eigenvalue weighted by atomic mass is 10.2. The molecule has 100 valence electrons. The van der Waals surface area contributed by atoms with Gasteiger partial charge in [0.05, 0.1) is 13.2 Å². The fourth-order valence-corrected chi connectivity index (χ4v) is 1.56. The number of carbonyl (C=O) groups is 1. The summed E-state index contributed by atoms with van der Waals surface area (Å²) >= 11 is 5.85. The molecule has 18 heavy (non-hydrogen) atoms. The highest BCUT2D eigenvalue weighted by atomic mass is 35.5. The van der Waals surface area contributed by atoms with Gasteiger partial charge in [-0.25, -0.2) is 4.39 Å². The van der Waals surface area contributed by atoms with Crippen molar-refractivity contribution in [2.75, 3.05) is 26.8 Å². The van der Waals surface area contributed by atoms with Crippen LogP contribution in [0.15, 0.2) is 18.2 Å². The van der Waals surface area contributed by atoms with E-state index in [1.165, 1.54) is 12.1 Å².